The van der Waals surface area contributed by atoms with Gasteiger partial charge in [-0.2, -0.15) is 0 Å². The van der Waals surface area contributed by atoms with Crippen LogP contribution in [-0.2, 0) is 14.8 Å². The van der Waals surface area contributed by atoms with Crippen LogP contribution in [0.4, 0.5) is 16.2 Å². The molecule has 0 fully saturated rings. The molecule has 0 aliphatic rings. The van der Waals surface area contributed by atoms with E-state index in [9.17, 15) is 13.2 Å². The second-order valence-corrected chi connectivity index (χ2v) is 7.46. The predicted molar refractivity (Wildman–Crippen MR) is 101 cm³/mol. The second kappa shape index (κ2) is 8.48. The van der Waals surface area contributed by atoms with Crippen LogP contribution in [0.25, 0.3) is 0 Å². The van der Waals surface area contributed by atoms with Gasteiger partial charge in [0.1, 0.15) is 5.75 Å². The van der Waals surface area contributed by atoms with Gasteiger partial charge in [-0.05, 0) is 43.3 Å². The molecule has 2 rings (SSSR count). The van der Waals surface area contributed by atoms with E-state index in [-0.39, 0.29) is 33.6 Å². The van der Waals surface area contributed by atoms with E-state index in [1.807, 2.05) is 0 Å². The van der Waals surface area contributed by atoms with E-state index in [0.29, 0.717) is 5.02 Å². The monoisotopic (exact) mass is 418 g/mol. The molecule has 0 saturated heterocycles. The summed E-state index contributed by atoms with van der Waals surface area (Å²) in [5.74, 6) is 0.279. The lowest BCUT2D eigenvalue weighted by Crippen LogP contribution is -2.16. The lowest BCUT2D eigenvalue weighted by molar-refractivity contribution is 0.168. The summed E-state index contributed by atoms with van der Waals surface area (Å²) in [4.78, 5) is 11.5. The van der Waals surface area contributed by atoms with E-state index >= 15 is 0 Å². The first kappa shape index (κ1) is 20.2. The average molecular weight is 419 g/mol. The molecule has 0 aliphatic carbocycles. The molecule has 0 spiro atoms. The Kier molecular flexibility index (Phi) is 6.57. The van der Waals surface area contributed by atoms with E-state index in [4.69, 9.17) is 32.7 Å². The van der Waals surface area contributed by atoms with Crippen molar-refractivity contribution >= 4 is 50.7 Å². The van der Waals surface area contributed by atoms with Crippen molar-refractivity contribution in [1.29, 1.82) is 0 Å². The first-order chi connectivity index (χ1) is 12.3. The number of carbonyl (C=O) groups excluding carboxylic acids is 1. The highest BCUT2D eigenvalue weighted by atomic mass is 35.5. The van der Waals surface area contributed by atoms with Gasteiger partial charge in [0.05, 0.1) is 35.0 Å². The number of hydrogen-bond acceptors (Lipinski definition) is 5. The molecule has 0 unspecified atom stereocenters. The summed E-state index contributed by atoms with van der Waals surface area (Å²) in [6.45, 7) is 1.82. The van der Waals surface area contributed by atoms with Crippen molar-refractivity contribution in [3.63, 3.8) is 0 Å². The second-order valence-electron chi connectivity index (χ2n) is 4.94. The van der Waals surface area contributed by atoms with Crippen LogP contribution in [0.3, 0.4) is 0 Å². The van der Waals surface area contributed by atoms with Crippen molar-refractivity contribution in [2.24, 2.45) is 0 Å². The van der Waals surface area contributed by atoms with E-state index < -0.39 is 16.1 Å². The quantitative estimate of drug-likeness (QED) is 0.725. The van der Waals surface area contributed by atoms with Crippen molar-refractivity contribution in [2.75, 3.05) is 23.8 Å². The smallest absolute Gasteiger partial charge is 0.411 e. The molecular formula is C16H16Cl2N2O5S. The van der Waals surface area contributed by atoms with Crippen molar-refractivity contribution in [3.05, 3.63) is 46.4 Å². The van der Waals surface area contributed by atoms with Crippen molar-refractivity contribution < 1.29 is 22.7 Å². The zero-order chi connectivity index (χ0) is 19.3. The number of benzene rings is 2. The average Bonchev–Trinajstić information content (AvgIpc) is 2.57. The molecule has 2 N–H and O–H groups in total. The van der Waals surface area contributed by atoms with Crippen LogP contribution in [0.15, 0.2) is 41.3 Å². The molecule has 140 valence electrons. The zero-order valence-corrected chi connectivity index (χ0v) is 16.2. The first-order valence-corrected chi connectivity index (χ1v) is 9.60. The Bertz CT molecular complexity index is 919. The summed E-state index contributed by atoms with van der Waals surface area (Å²) in [6, 6.07) is 8.38. The minimum absolute atomic E-state index is 0.101. The Labute approximate surface area is 161 Å². The van der Waals surface area contributed by atoms with Crippen LogP contribution in [0, 0.1) is 0 Å². The fourth-order valence-corrected chi connectivity index (χ4v) is 3.62. The number of ether oxygens (including phenoxy) is 2. The molecule has 0 atom stereocenters. The third-order valence-electron chi connectivity index (χ3n) is 3.17. The van der Waals surface area contributed by atoms with Crippen LogP contribution >= 0.6 is 23.2 Å². The van der Waals surface area contributed by atoms with Gasteiger partial charge in [-0.15, -0.1) is 0 Å². The topological polar surface area (TPSA) is 93.7 Å². The Morgan fingerprint density at radius 3 is 2.46 bits per heavy atom. The molecule has 10 heteroatoms. The normalized spacial score (nSPS) is 10.9. The fourth-order valence-electron chi connectivity index (χ4n) is 2.01. The molecule has 2 aromatic rings. The third-order valence-corrected chi connectivity index (χ3v) is 5.08. The van der Waals surface area contributed by atoms with Crippen LogP contribution in [0.5, 0.6) is 5.75 Å². The number of anilines is 2. The number of rotatable bonds is 6. The van der Waals surface area contributed by atoms with Crippen molar-refractivity contribution in [3.8, 4) is 5.75 Å². The minimum Gasteiger partial charge on any atom is -0.495 e. The molecule has 0 radical (unpaired) electrons. The summed E-state index contributed by atoms with van der Waals surface area (Å²) in [6.07, 6.45) is -0.728. The number of amides is 1. The SMILES string of the molecule is CCOC(=O)Nc1cc(S(=O)(=O)Nc2ccc(Cl)cc2Cl)ccc1OC. The standard InChI is InChI=1S/C16H16Cl2N2O5S/c1-3-25-16(21)19-14-9-11(5-7-15(14)24-2)26(22,23)20-13-6-4-10(17)8-12(13)18/h4-9,20H,3H2,1-2H3,(H,19,21). The maximum absolute atomic E-state index is 12.6. The highest BCUT2D eigenvalue weighted by Crippen LogP contribution is 2.31. The summed E-state index contributed by atoms with van der Waals surface area (Å²) in [7, 11) is -2.58. The van der Waals surface area contributed by atoms with Gasteiger partial charge in [0.15, 0.2) is 0 Å². The van der Waals surface area contributed by atoms with Crippen LogP contribution in [0.2, 0.25) is 10.0 Å². The number of sulfonamides is 1. The third kappa shape index (κ3) is 4.94. The van der Waals surface area contributed by atoms with E-state index in [1.165, 1.54) is 43.5 Å². The van der Waals surface area contributed by atoms with Crippen LogP contribution in [0.1, 0.15) is 6.92 Å². The summed E-state index contributed by atoms with van der Waals surface area (Å²) in [5, 5.41) is 2.97. The molecule has 7 nitrogen and oxygen atoms in total. The largest absolute Gasteiger partial charge is 0.495 e. The fraction of sp³-hybridized carbons (Fsp3) is 0.188. The molecule has 0 saturated carbocycles. The van der Waals surface area contributed by atoms with Gasteiger partial charge in [-0.25, -0.2) is 13.2 Å². The van der Waals surface area contributed by atoms with Crippen molar-refractivity contribution in [2.45, 2.75) is 11.8 Å². The van der Waals surface area contributed by atoms with Gasteiger partial charge in [0.25, 0.3) is 10.0 Å². The molecule has 0 bridgehead atoms. The molecule has 0 heterocycles. The molecular weight excluding hydrogens is 403 g/mol. The van der Waals surface area contributed by atoms with E-state index in [0.717, 1.165) is 0 Å². The Hall–Kier alpha value is -2.16. The maximum Gasteiger partial charge on any atom is 0.411 e. The van der Waals surface area contributed by atoms with Gasteiger partial charge in [0, 0.05) is 5.02 Å². The summed E-state index contributed by atoms with van der Waals surface area (Å²) in [5.41, 5.74) is 0.322. The van der Waals surface area contributed by atoms with Crippen LogP contribution in [-0.4, -0.2) is 28.2 Å². The van der Waals surface area contributed by atoms with Crippen molar-refractivity contribution in [1.82, 2.24) is 0 Å². The predicted octanol–water partition coefficient (Wildman–Crippen LogP) is 4.37. The summed E-state index contributed by atoms with van der Waals surface area (Å²) < 4.78 is 37.5. The molecule has 1 amide bonds. The lowest BCUT2D eigenvalue weighted by atomic mass is 10.3. The summed E-state index contributed by atoms with van der Waals surface area (Å²) >= 11 is 11.8. The number of carbonyl (C=O) groups is 1. The van der Waals surface area contributed by atoms with Gasteiger partial charge in [0.2, 0.25) is 0 Å². The Balaban J connectivity index is 2.35. The molecule has 2 aromatic carbocycles. The van der Waals surface area contributed by atoms with Crippen LogP contribution < -0.4 is 14.8 Å². The maximum atomic E-state index is 12.6. The molecule has 0 aromatic heterocycles. The number of hydrogen-bond donors (Lipinski definition) is 2. The number of halogens is 2. The minimum atomic E-state index is -3.97. The lowest BCUT2D eigenvalue weighted by Gasteiger charge is -2.14. The Morgan fingerprint density at radius 1 is 1.12 bits per heavy atom. The van der Waals surface area contributed by atoms with E-state index in [2.05, 4.69) is 10.0 Å². The van der Waals surface area contributed by atoms with Gasteiger partial charge >= 0.3 is 6.09 Å². The molecule has 0 aliphatic heterocycles. The Morgan fingerprint density at radius 2 is 1.85 bits per heavy atom. The first-order valence-electron chi connectivity index (χ1n) is 7.36. The van der Waals surface area contributed by atoms with Gasteiger partial charge in [-0.1, -0.05) is 23.2 Å². The zero-order valence-electron chi connectivity index (χ0n) is 13.9. The van der Waals surface area contributed by atoms with Gasteiger partial charge in [-0.3, -0.25) is 10.0 Å². The highest BCUT2D eigenvalue weighted by molar-refractivity contribution is 7.92. The highest BCUT2D eigenvalue weighted by Gasteiger charge is 2.19. The molecule has 26 heavy (non-hydrogen) atoms. The van der Waals surface area contributed by atoms with Gasteiger partial charge < -0.3 is 9.47 Å². The van der Waals surface area contributed by atoms with E-state index in [1.54, 1.807) is 6.92 Å². The number of nitrogens with one attached hydrogen (secondary N) is 2. The number of methoxy groups -OCH3 is 1.